The summed E-state index contributed by atoms with van der Waals surface area (Å²) in [5, 5.41) is 0.884. The number of likely N-dealkylation sites (tertiary alicyclic amines) is 1. The second kappa shape index (κ2) is 6.90. The summed E-state index contributed by atoms with van der Waals surface area (Å²) in [6.45, 7) is 1.76. The van der Waals surface area contributed by atoms with Gasteiger partial charge in [0.2, 0.25) is 5.91 Å². The second-order valence-corrected chi connectivity index (χ2v) is 7.76. The Bertz CT molecular complexity index is 1130. The molecular weight excluding hydrogens is 406 g/mol. The van der Waals surface area contributed by atoms with Crippen molar-refractivity contribution in [2.24, 2.45) is 0 Å². The maximum Gasteiger partial charge on any atom is 0.261 e. The van der Waals surface area contributed by atoms with E-state index in [1.54, 1.807) is 31.5 Å². The average Bonchev–Trinajstić information content (AvgIpc) is 3.08. The van der Waals surface area contributed by atoms with Crippen molar-refractivity contribution in [1.29, 1.82) is 0 Å². The monoisotopic (exact) mass is 422 g/mol. The van der Waals surface area contributed by atoms with Gasteiger partial charge in [0.05, 0.1) is 29.0 Å². The molecule has 6 nitrogen and oxygen atoms in total. The van der Waals surface area contributed by atoms with Crippen LogP contribution in [0.4, 0.5) is 4.39 Å². The Morgan fingerprint density at radius 1 is 1.39 bits per heavy atom. The number of amides is 1. The lowest BCUT2D eigenvalue weighted by Gasteiger charge is -2.44. The third kappa shape index (κ3) is 3.18. The quantitative estimate of drug-likeness (QED) is 0.652. The van der Waals surface area contributed by atoms with Gasteiger partial charge in [0, 0.05) is 29.7 Å². The van der Waals surface area contributed by atoms with Gasteiger partial charge in [-0.1, -0.05) is 30.1 Å². The zero-order chi connectivity index (χ0) is 20.1. The number of H-pyrrole nitrogens is 1. The molecule has 0 aromatic carbocycles. The van der Waals surface area contributed by atoms with E-state index in [0.717, 1.165) is 0 Å². The molecule has 28 heavy (non-hydrogen) atoms. The molecule has 4 rings (SSSR count). The van der Waals surface area contributed by atoms with Crippen LogP contribution in [0.15, 0.2) is 35.5 Å². The van der Waals surface area contributed by atoms with Crippen LogP contribution in [0.1, 0.15) is 13.3 Å². The molecule has 1 saturated heterocycles. The minimum atomic E-state index is -1.31. The third-order valence-electron chi connectivity index (χ3n) is 5.15. The topological polar surface area (TPSA) is 71.0 Å². The van der Waals surface area contributed by atoms with Crippen LogP contribution < -0.4 is 5.56 Å². The van der Waals surface area contributed by atoms with Gasteiger partial charge in [-0.3, -0.25) is 9.59 Å². The first-order chi connectivity index (χ1) is 13.3. The van der Waals surface area contributed by atoms with Crippen LogP contribution in [0.2, 0.25) is 10.2 Å². The standard InChI is InChI=1S/C19H17Cl2FN4O2/c1-2-19(22)9-26(10-19)15(27)8-25-4-3-14-16(18(25)28)12(7-23-14)11-5-13(20)17(21)24-6-11/h3-7,23H,2,8-10H2,1H3. The second-order valence-electron chi connectivity index (χ2n) is 6.99. The smallest absolute Gasteiger partial charge is 0.261 e. The highest BCUT2D eigenvalue weighted by Gasteiger charge is 2.44. The Morgan fingerprint density at radius 2 is 2.14 bits per heavy atom. The Hall–Kier alpha value is -2.38. The molecule has 0 bridgehead atoms. The molecule has 1 fully saturated rings. The van der Waals surface area contributed by atoms with E-state index in [1.165, 1.54) is 15.7 Å². The fraction of sp³-hybridized carbons (Fsp3) is 0.316. The lowest BCUT2D eigenvalue weighted by molar-refractivity contribution is -0.146. The molecule has 0 unspecified atom stereocenters. The number of nitrogens with one attached hydrogen (secondary N) is 1. The fourth-order valence-corrected chi connectivity index (χ4v) is 3.65. The van der Waals surface area contributed by atoms with Crippen molar-refractivity contribution in [3.63, 3.8) is 0 Å². The summed E-state index contributed by atoms with van der Waals surface area (Å²) in [4.78, 5) is 33.9. The highest BCUT2D eigenvalue weighted by molar-refractivity contribution is 6.41. The first-order valence-corrected chi connectivity index (χ1v) is 9.55. The molecule has 4 heterocycles. The van der Waals surface area contributed by atoms with E-state index in [4.69, 9.17) is 23.2 Å². The Balaban J connectivity index is 1.66. The lowest BCUT2D eigenvalue weighted by Crippen LogP contribution is -2.61. The molecule has 0 saturated carbocycles. The number of nitrogens with zero attached hydrogens (tertiary/aromatic N) is 3. The molecule has 1 aliphatic heterocycles. The van der Waals surface area contributed by atoms with E-state index in [1.807, 2.05) is 0 Å². The van der Waals surface area contributed by atoms with Crippen molar-refractivity contribution in [2.75, 3.05) is 13.1 Å². The normalized spacial score (nSPS) is 15.6. The number of rotatable bonds is 4. The third-order valence-corrected chi connectivity index (χ3v) is 5.84. The van der Waals surface area contributed by atoms with Crippen LogP contribution in [-0.4, -0.2) is 44.1 Å². The van der Waals surface area contributed by atoms with E-state index in [9.17, 15) is 14.0 Å². The first-order valence-electron chi connectivity index (χ1n) is 8.80. The Kier molecular flexibility index (Phi) is 4.67. The van der Waals surface area contributed by atoms with Gasteiger partial charge in [0.25, 0.3) is 5.56 Å². The van der Waals surface area contributed by atoms with Gasteiger partial charge in [0.1, 0.15) is 17.4 Å². The SMILES string of the molecule is CCC1(F)CN(C(=O)Cn2ccc3[nH]cc(-c4cnc(Cl)c(Cl)c4)c3c2=O)C1. The highest BCUT2D eigenvalue weighted by atomic mass is 35.5. The Labute approximate surface area is 169 Å². The molecule has 0 atom stereocenters. The number of pyridine rings is 2. The minimum Gasteiger partial charge on any atom is -0.360 e. The molecule has 1 amide bonds. The maximum atomic E-state index is 14.0. The number of fused-ring (bicyclic) bond motifs is 1. The van der Waals surface area contributed by atoms with Crippen LogP contribution in [0, 0.1) is 0 Å². The van der Waals surface area contributed by atoms with Gasteiger partial charge in [-0.2, -0.15) is 0 Å². The van der Waals surface area contributed by atoms with Crippen molar-refractivity contribution in [3.8, 4) is 11.1 Å². The van der Waals surface area contributed by atoms with E-state index in [0.29, 0.717) is 28.5 Å². The molecule has 1 aliphatic rings. The maximum absolute atomic E-state index is 14.0. The van der Waals surface area contributed by atoms with Crippen LogP contribution in [-0.2, 0) is 11.3 Å². The number of carbonyl (C=O) groups is 1. The van der Waals surface area contributed by atoms with Crippen LogP contribution in [0.5, 0.6) is 0 Å². The summed E-state index contributed by atoms with van der Waals surface area (Å²) in [6, 6.07) is 3.35. The summed E-state index contributed by atoms with van der Waals surface area (Å²) >= 11 is 11.9. The number of aromatic amines is 1. The van der Waals surface area contributed by atoms with Gasteiger partial charge < -0.3 is 14.5 Å². The first kappa shape index (κ1) is 19.0. The minimum absolute atomic E-state index is 0.0731. The van der Waals surface area contributed by atoms with E-state index >= 15 is 0 Å². The average molecular weight is 423 g/mol. The van der Waals surface area contributed by atoms with Crippen molar-refractivity contribution in [1.82, 2.24) is 19.4 Å². The zero-order valence-electron chi connectivity index (χ0n) is 15.0. The molecule has 3 aromatic rings. The molecule has 0 aliphatic carbocycles. The number of aromatic nitrogens is 3. The Morgan fingerprint density at radius 3 is 2.82 bits per heavy atom. The van der Waals surface area contributed by atoms with E-state index in [-0.39, 0.29) is 41.3 Å². The molecular formula is C19H17Cl2FN4O2. The molecule has 0 spiro atoms. The predicted octanol–water partition coefficient (Wildman–Crippen LogP) is 3.66. The molecule has 9 heteroatoms. The molecule has 1 N–H and O–H groups in total. The largest absolute Gasteiger partial charge is 0.360 e. The van der Waals surface area contributed by atoms with Crippen LogP contribution in [0.25, 0.3) is 22.0 Å². The molecule has 146 valence electrons. The van der Waals surface area contributed by atoms with Crippen molar-refractivity contribution in [3.05, 3.63) is 51.3 Å². The van der Waals surface area contributed by atoms with Crippen LogP contribution in [0.3, 0.4) is 0 Å². The lowest BCUT2D eigenvalue weighted by atomic mass is 9.93. The number of hydrogen-bond donors (Lipinski definition) is 1. The zero-order valence-corrected chi connectivity index (χ0v) is 16.5. The van der Waals surface area contributed by atoms with Gasteiger partial charge in [-0.25, -0.2) is 9.37 Å². The van der Waals surface area contributed by atoms with Gasteiger partial charge in [-0.05, 0) is 18.6 Å². The number of carbonyl (C=O) groups excluding carboxylic acids is 1. The van der Waals surface area contributed by atoms with Crippen molar-refractivity contribution < 1.29 is 9.18 Å². The summed E-state index contributed by atoms with van der Waals surface area (Å²) in [6.07, 6.45) is 5.14. The van der Waals surface area contributed by atoms with E-state index in [2.05, 4.69) is 9.97 Å². The predicted molar refractivity (Wildman–Crippen MR) is 107 cm³/mol. The highest BCUT2D eigenvalue weighted by Crippen LogP contribution is 2.31. The van der Waals surface area contributed by atoms with Crippen molar-refractivity contribution >= 4 is 40.0 Å². The number of halogens is 3. The van der Waals surface area contributed by atoms with Gasteiger partial charge >= 0.3 is 0 Å². The van der Waals surface area contributed by atoms with E-state index < -0.39 is 5.67 Å². The van der Waals surface area contributed by atoms with Crippen molar-refractivity contribution in [2.45, 2.75) is 25.6 Å². The van der Waals surface area contributed by atoms with Gasteiger partial charge in [0.15, 0.2) is 0 Å². The number of hydrogen-bond acceptors (Lipinski definition) is 3. The summed E-state index contributed by atoms with van der Waals surface area (Å²) < 4.78 is 15.4. The molecule has 0 radical (unpaired) electrons. The van der Waals surface area contributed by atoms with Gasteiger partial charge in [-0.15, -0.1) is 0 Å². The van der Waals surface area contributed by atoms with Crippen LogP contribution >= 0.6 is 23.2 Å². The summed E-state index contributed by atoms with van der Waals surface area (Å²) in [7, 11) is 0. The summed E-state index contributed by atoms with van der Waals surface area (Å²) in [5.74, 6) is -0.281. The fourth-order valence-electron chi connectivity index (χ4n) is 3.38. The molecule has 3 aromatic heterocycles. The number of alkyl halides is 1. The summed E-state index contributed by atoms with van der Waals surface area (Å²) in [5.41, 5.74) is 0.252.